The van der Waals surface area contributed by atoms with Gasteiger partial charge < -0.3 is 35.0 Å². The van der Waals surface area contributed by atoms with E-state index in [-0.39, 0.29) is 24.2 Å². The van der Waals surface area contributed by atoms with Crippen LogP contribution in [0.2, 0.25) is 0 Å². The number of rotatable bonds is 6. The molecular weight excluding hydrogens is 731 g/mol. The monoisotopic (exact) mass is 775 g/mol. The van der Waals surface area contributed by atoms with Crippen molar-refractivity contribution in [1.29, 1.82) is 0 Å². The molecule has 2 fully saturated rings. The molecule has 5 heterocycles. The number of carbonyl (C=O) groups is 1. The molecule has 3 N–H and O–H groups in total. The minimum Gasteiger partial charge on any atom is -0.507 e. The average Bonchev–Trinajstić information content (AvgIpc) is 3.26. The number of para-hydroxylation sites is 2. The lowest BCUT2D eigenvalue weighted by Gasteiger charge is -2.35. The summed E-state index contributed by atoms with van der Waals surface area (Å²) in [5, 5.41) is 25.9. The van der Waals surface area contributed by atoms with Crippen molar-refractivity contribution in [1.82, 2.24) is 35.1 Å². The Bertz CT molecular complexity index is 2560. The first-order valence-corrected chi connectivity index (χ1v) is 19.5. The van der Waals surface area contributed by atoms with E-state index in [9.17, 15) is 15.0 Å². The molecule has 13 nitrogen and oxygen atoms in total. The van der Waals surface area contributed by atoms with E-state index in [1.807, 2.05) is 61.5 Å². The van der Waals surface area contributed by atoms with Crippen molar-refractivity contribution >= 4 is 39.5 Å². The number of hydrogen-bond donors (Lipinski definition) is 3. The molecule has 2 aliphatic heterocycles. The largest absolute Gasteiger partial charge is 0.507 e. The number of phenols is 2. The van der Waals surface area contributed by atoms with Crippen molar-refractivity contribution in [2.45, 2.75) is 20.5 Å². The highest BCUT2D eigenvalue weighted by Gasteiger charge is 2.25. The number of piperazine rings is 2. The van der Waals surface area contributed by atoms with Crippen molar-refractivity contribution in [2.24, 2.45) is 0 Å². The first-order chi connectivity index (χ1) is 28.3. The molecule has 0 atom stereocenters. The maximum Gasteiger partial charge on any atom is 0.410 e. The number of pyridine rings is 1. The Balaban J connectivity index is 0.000000172. The molecule has 0 bridgehead atoms. The number of carbonyl (C=O) groups excluding carboxylic acids is 1. The van der Waals surface area contributed by atoms with Gasteiger partial charge in [-0.05, 0) is 91.2 Å². The fourth-order valence-corrected chi connectivity index (χ4v) is 7.19. The van der Waals surface area contributed by atoms with Gasteiger partial charge in [-0.25, -0.2) is 24.7 Å². The minimum atomic E-state index is -0.325. The number of amides is 1. The van der Waals surface area contributed by atoms with Crippen LogP contribution < -0.4 is 15.1 Å². The number of aryl methyl sites for hydroxylation is 2. The second-order valence-corrected chi connectivity index (χ2v) is 14.4. The number of aromatic nitrogens is 5. The lowest BCUT2D eigenvalue weighted by atomic mass is 10.1. The Morgan fingerprint density at radius 2 is 1.14 bits per heavy atom. The molecule has 4 aromatic carbocycles. The van der Waals surface area contributed by atoms with Gasteiger partial charge in [-0.2, -0.15) is 0 Å². The standard InChI is InChI=1S/C26H25N5O3.C19H20N4O/c1-18-6-7-20-22(16-18)28-24(21-4-2-3-5-23(21)32)29-25(20)30-12-14-31(15-13-30)26(33)34-17-19-8-10-27-11-9-19;1-13-6-7-14-16(12-13)21-18(15-4-2-3-5-17(15)24)22-19(14)23-10-8-20-9-11-23/h2-11,16,32H,12-15,17H2,1H3;2-7,12,20,24H,8-11H2,1H3. The highest BCUT2D eigenvalue weighted by atomic mass is 16.6. The molecule has 9 rings (SSSR count). The van der Waals surface area contributed by atoms with Crippen LogP contribution in [0.25, 0.3) is 44.6 Å². The van der Waals surface area contributed by atoms with Crippen LogP contribution in [0, 0.1) is 13.8 Å². The van der Waals surface area contributed by atoms with Gasteiger partial charge in [-0.15, -0.1) is 0 Å². The van der Waals surface area contributed by atoms with E-state index in [0.717, 1.165) is 76.3 Å². The van der Waals surface area contributed by atoms with E-state index in [4.69, 9.17) is 24.7 Å². The average molecular weight is 776 g/mol. The summed E-state index contributed by atoms with van der Waals surface area (Å²) < 4.78 is 5.47. The van der Waals surface area contributed by atoms with Gasteiger partial charge in [-0.1, -0.05) is 36.4 Å². The van der Waals surface area contributed by atoms with E-state index in [1.165, 1.54) is 0 Å². The van der Waals surface area contributed by atoms with Crippen LogP contribution >= 0.6 is 0 Å². The van der Waals surface area contributed by atoms with E-state index in [2.05, 4.69) is 45.2 Å². The number of anilines is 2. The summed E-state index contributed by atoms with van der Waals surface area (Å²) >= 11 is 0. The van der Waals surface area contributed by atoms with Crippen molar-refractivity contribution in [3.8, 4) is 34.3 Å². The Morgan fingerprint density at radius 1 is 0.638 bits per heavy atom. The molecule has 2 aliphatic rings. The summed E-state index contributed by atoms with van der Waals surface area (Å²) in [7, 11) is 0. The summed E-state index contributed by atoms with van der Waals surface area (Å²) in [5.74, 6) is 3.14. The van der Waals surface area contributed by atoms with Gasteiger partial charge in [0.1, 0.15) is 29.7 Å². The number of aromatic hydroxyl groups is 2. The Morgan fingerprint density at radius 3 is 1.66 bits per heavy atom. The summed E-state index contributed by atoms with van der Waals surface area (Å²) in [6, 6.07) is 30.3. The Kier molecular flexibility index (Phi) is 11.2. The highest BCUT2D eigenvalue weighted by molar-refractivity contribution is 5.93. The summed E-state index contributed by atoms with van der Waals surface area (Å²) in [4.78, 5) is 41.8. The lowest BCUT2D eigenvalue weighted by Crippen LogP contribution is -2.49. The molecule has 58 heavy (non-hydrogen) atoms. The fourth-order valence-electron chi connectivity index (χ4n) is 7.19. The van der Waals surface area contributed by atoms with E-state index >= 15 is 0 Å². The lowest BCUT2D eigenvalue weighted by molar-refractivity contribution is 0.0941. The second kappa shape index (κ2) is 17.1. The predicted molar refractivity (Wildman–Crippen MR) is 226 cm³/mol. The van der Waals surface area contributed by atoms with Crippen LogP contribution in [-0.4, -0.2) is 98.5 Å². The SMILES string of the molecule is Cc1ccc2c(N3CCN(C(=O)OCc4ccncc4)CC3)nc(-c3ccccc3O)nc2c1.Cc1ccc2c(N3CCNCC3)nc(-c3ccccc3O)nc2c1. The molecular formula is C45H45N9O4. The number of nitrogens with zero attached hydrogens (tertiary/aromatic N) is 8. The number of benzene rings is 4. The van der Waals surface area contributed by atoms with Gasteiger partial charge >= 0.3 is 6.09 Å². The molecule has 294 valence electrons. The zero-order valence-electron chi connectivity index (χ0n) is 32.5. The zero-order valence-corrected chi connectivity index (χ0v) is 32.5. The highest BCUT2D eigenvalue weighted by Crippen LogP contribution is 2.34. The number of phenolic OH excluding ortho intramolecular Hbond substituents is 2. The van der Waals surface area contributed by atoms with Gasteiger partial charge in [0.2, 0.25) is 0 Å². The van der Waals surface area contributed by atoms with Crippen LogP contribution in [0.1, 0.15) is 16.7 Å². The van der Waals surface area contributed by atoms with Crippen molar-refractivity contribution in [3.05, 3.63) is 126 Å². The summed E-state index contributed by atoms with van der Waals surface area (Å²) in [6.45, 7) is 10.3. The van der Waals surface area contributed by atoms with Crippen LogP contribution in [0.15, 0.2) is 109 Å². The van der Waals surface area contributed by atoms with Crippen molar-refractivity contribution < 1.29 is 19.7 Å². The minimum absolute atomic E-state index is 0.141. The second-order valence-electron chi connectivity index (χ2n) is 14.4. The number of fused-ring (bicyclic) bond motifs is 2. The smallest absolute Gasteiger partial charge is 0.410 e. The first-order valence-electron chi connectivity index (χ1n) is 19.5. The topological polar surface area (TPSA) is 153 Å². The third-order valence-corrected chi connectivity index (χ3v) is 10.3. The first kappa shape index (κ1) is 38.0. The molecule has 0 radical (unpaired) electrons. The molecule has 0 unspecified atom stereocenters. The fraction of sp³-hybridized carbons (Fsp3) is 0.244. The van der Waals surface area contributed by atoms with E-state index < -0.39 is 0 Å². The maximum atomic E-state index is 12.6. The van der Waals surface area contributed by atoms with Gasteiger partial charge in [0.25, 0.3) is 0 Å². The van der Waals surface area contributed by atoms with Crippen LogP contribution in [0.5, 0.6) is 11.5 Å². The Labute approximate surface area is 336 Å². The molecule has 0 saturated carbocycles. The van der Waals surface area contributed by atoms with Gasteiger partial charge in [-0.3, -0.25) is 4.98 Å². The van der Waals surface area contributed by atoms with Gasteiger partial charge in [0.15, 0.2) is 11.6 Å². The van der Waals surface area contributed by atoms with Crippen molar-refractivity contribution in [3.63, 3.8) is 0 Å². The predicted octanol–water partition coefficient (Wildman–Crippen LogP) is 6.89. The molecule has 0 spiro atoms. The van der Waals surface area contributed by atoms with Crippen LogP contribution in [0.4, 0.5) is 16.4 Å². The molecule has 13 heteroatoms. The summed E-state index contributed by atoms with van der Waals surface area (Å²) in [5.41, 5.74) is 6.15. The summed E-state index contributed by atoms with van der Waals surface area (Å²) in [6.07, 6.45) is 3.03. The zero-order chi connectivity index (χ0) is 40.0. The normalized spacial score (nSPS) is 14.3. The Hall–Kier alpha value is -6.86. The number of ether oxygens (including phenoxy) is 1. The third-order valence-electron chi connectivity index (χ3n) is 10.3. The van der Waals surface area contributed by atoms with Gasteiger partial charge in [0, 0.05) is 75.5 Å². The molecule has 1 amide bonds. The maximum absolute atomic E-state index is 12.6. The molecule has 3 aromatic heterocycles. The van der Waals surface area contributed by atoms with E-state index in [0.29, 0.717) is 49.0 Å². The van der Waals surface area contributed by atoms with Crippen LogP contribution in [-0.2, 0) is 11.3 Å². The van der Waals surface area contributed by atoms with Crippen LogP contribution in [0.3, 0.4) is 0 Å². The number of hydrogen-bond acceptors (Lipinski definition) is 12. The van der Waals surface area contributed by atoms with Gasteiger partial charge in [0.05, 0.1) is 22.2 Å². The third kappa shape index (κ3) is 8.44. The molecule has 2 saturated heterocycles. The molecule has 0 aliphatic carbocycles. The van der Waals surface area contributed by atoms with E-state index in [1.54, 1.807) is 41.6 Å². The van der Waals surface area contributed by atoms with Crippen molar-refractivity contribution in [2.75, 3.05) is 62.2 Å². The number of nitrogens with one attached hydrogen (secondary N) is 1. The molecule has 7 aromatic rings. The quantitative estimate of drug-likeness (QED) is 0.161.